The maximum Gasteiger partial charge on any atom is 0.410 e. The molecule has 2 N–H and O–H groups in total. The molecule has 0 fully saturated rings. The SMILES string of the molecule is Cc1cc(C2=CCN(C(=O)OC(C)(C)C)CC2)cnc1Cn1nc(C)c2nc(N)nc(C)c21. The van der Waals surface area contributed by atoms with Crippen molar-refractivity contribution in [2.45, 2.75) is 60.1 Å². The maximum atomic E-state index is 12.3. The predicted molar refractivity (Wildman–Crippen MR) is 128 cm³/mol. The number of hydrogen-bond acceptors (Lipinski definition) is 7. The molecule has 33 heavy (non-hydrogen) atoms. The van der Waals surface area contributed by atoms with Crippen molar-refractivity contribution in [2.24, 2.45) is 0 Å². The molecule has 0 spiro atoms. The molecule has 4 rings (SSSR count). The number of aryl methyl sites for hydroxylation is 3. The van der Waals surface area contributed by atoms with E-state index in [4.69, 9.17) is 15.5 Å². The molecule has 1 aliphatic heterocycles. The van der Waals surface area contributed by atoms with E-state index in [9.17, 15) is 4.79 Å². The third-order valence-corrected chi connectivity index (χ3v) is 5.66. The maximum absolute atomic E-state index is 12.3. The third kappa shape index (κ3) is 4.81. The summed E-state index contributed by atoms with van der Waals surface area (Å²) < 4.78 is 7.37. The van der Waals surface area contributed by atoms with Gasteiger partial charge in [0, 0.05) is 19.3 Å². The highest BCUT2D eigenvalue weighted by molar-refractivity contribution is 5.80. The molecule has 4 heterocycles. The fourth-order valence-corrected chi connectivity index (χ4v) is 4.05. The fourth-order valence-electron chi connectivity index (χ4n) is 4.05. The van der Waals surface area contributed by atoms with Gasteiger partial charge in [-0.25, -0.2) is 14.8 Å². The van der Waals surface area contributed by atoms with E-state index < -0.39 is 5.60 Å². The van der Waals surface area contributed by atoms with Crippen molar-refractivity contribution in [3.8, 4) is 0 Å². The lowest BCUT2D eigenvalue weighted by atomic mass is 9.99. The number of carbonyl (C=O) groups excluding carboxylic acids is 1. The topological polar surface area (TPSA) is 112 Å². The number of anilines is 1. The van der Waals surface area contributed by atoms with Gasteiger partial charge in [0.05, 0.1) is 23.6 Å². The number of amides is 1. The lowest BCUT2D eigenvalue weighted by Crippen LogP contribution is -2.39. The van der Waals surface area contributed by atoms with Crippen LogP contribution in [0.3, 0.4) is 0 Å². The van der Waals surface area contributed by atoms with E-state index >= 15 is 0 Å². The van der Waals surface area contributed by atoms with Crippen molar-refractivity contribution in [3.63, 3.8) is 0 Å². The number of rotatable bonds is 3. The molecule has 3 aromatic rings. The Kier molecular flexibility index (Phi) is 5.82. The molecule has 0 saturated heterocycles. The molecule has 0 aromatic carbocycles. The van der Waals surface area contributed by atoms with Gasteiger partial charge < -0.3 is 15.4 Å². The second kappa shape index (κ2) is 8.46. The number of nitrogens with two attached hydrogens (primary N) is 1. The number of ether oxygens (including phenoxy) is 1. The Morgan fingerprint density at radius 3 is 2.58 bits per heavy atom. The van der Waals surface area contributed by atoms with Gasteiger partial charge in [-0.15, -0.1) is 0 Å². The van der Waals surface area contributed by atoms with E-state index in [0.29, 0.717) is 19.6 Å². The van der Waals surface area contributed by atoms with Gasteiger partial charge in [0.25, 0.3) is 0 Å². The number of aromatic nitrogens is 5. The van der Waals surface area contributed by atoms with E-state index in [0.717, 1.165) is 45.7 Å². The molecule has 0 bridgehead atoms. The molecule has 0 unspecified atom stereocenters. The first-order valence-electron chi connectivity index (χ1n) is 11.1. The Balaban J connectivity index is 1.52. The van der Waals surface area contributed by atoms with Crippen molar-refractivity contribution in [1.29, 1.82) is 0 Å². The molecule has 0 atom stereocenters. The summed E-state index contributed by atoms with van der Waals surface area (Å²) in [6, 6.07) is 2.15. The van der Waals surface area contributed by atoms with Gasteiger partial charge in [-0.3, -0.25) is 9.67 Å². The van der Waals surface area contributed by atoms with Crippen molar-refractivity contribution in [1.82, 2.24) is 29.6 Å². The smallest absolute Gasteiger partial charge is 0.410 e. The van der Waals surface area contributed by atoms with Gasteiger partial charge in [0.1, 0.15) is 16.6 Å². The quantitative estimate of drug-likeness (QED) is 0.647. The first-order chi connectivity index (χ1) is 15.5. The van der Waals surface area contributed by atoms with Gasteiger partial charge in [-0.1, -0.05) is 6.08 Å². The zero-order valence-electron chi connectivity index (χ0n) is 20.1. The summed E-state index contributed by atoms with van der Waals surface area (Å²) in [6.45, 7) is 13.2. The first-order valence-corrected chi connectivity index (χ1v) is 11.1. The lowest BCUT2D eigenvalue weighted by molar-refractivity contribution is 0.0270. The minimum Gasteiger partial charge on any atom is -0.444 e. The van der Waals surface area contributed by atoms with E-state index in [1.165, 1.54) is 5.57 Å². The van der Waals surface area contributed by atoms with E-state index in [1.54, 1.807) is 4.90 Å². The molecular weight excluding hydrogens is 418 g/mol. The predicted octanol–water partition coefficient (Wildman–Crippen LogP) is 3.80. The number of fused-ring (bicyclic) bond motifs is 1. The van der Waals surface area contributed by atoms with Crippen LogP contribution in [0.5, 0.6) is 0 Å². The van der Waals surface area contributed by atoms with Gasteiger partial charge >= 0.3 is 6.09 Å². The molecule has 9 heteroatoms. The fraction of sp³-hybridized carbons (Fsp3) is 0.458. The highest BCUT2D eigenvalue weighted by atomic mass is 16.6. The summed E-state index contributed by atoms with van der Waals surface area (Å²) in [4.78, 5) is 27.4. The molecule has 0 aliphatic carbocycles. The Morgan fingerprint density at radius 2 is 1.94 bits per heavy atom. The number of hydrogen-bond donors (Lipinski definition) is 1. The van der Waals surface area contributed by atoms with Crippen LogP contribution < -0.4 is 5.73 Å². The molecule has 1 amide bonds. The van der Waals surface area contributed by atoms with Crippen LogP contribution in [0.4, 0.5) is 10.7 Å². The van der Waals surface area contributed by atoms with Crippen LogP contribution in [0.15, 0.2) is 18.3 Å². The third-order valence-electron chi connectivity index (χ3n) is 5.66. The van der Waals surface area contributed by atoms with Crippen LogP contribution in [0, 0.1) is 20.8 Å². The van der Waals surface area contributed by atoms with E-state index in [2.05, 4.69) is 34.1 Å². The van der Waals surface area contributed by atoms with Gasteiger partial charge in [0.15, 0.2) is 0 Å². The summed E-state index contributed by atoms with van der Waals surface area (Å²) in [5, 5.41) is 4.65. The second-order valence-corrected chi connectivity index (χ2v) is 9.50. The molecule has 174 valence electrons. The zero-order valence-corrected chi connectivity index (χ0v) is 20.1. The van der Waals surface area contributed by atoms with Crippen molar-refractivity contribution in [3.05, 3.63) is 46.5 Å². The van der Waals surface area contributed by atoms with Crippen LogP contribution >= 0.6 is 0 Å². The molecule has 0 saturated carbocycles. The highest BCUT2D eigenvalue weighted by Gasteiger charge is 2.24. The van der Waals surface area contributed by atoms with Crippen LogP contribution in [0.25, 0.3) is 16.6 Å². The minimum atomic E-state index is -0.492. The minimum absolute atomic E-state index is 0.257. The molecule has 9 nitrogen and oxygen atoms in total. The summed E-state index contributed by atoms with van der Waals surface area (Å²) in [6.07, 6.45) is 4.47. The first kappa shape index (κ1) is 22.7. The van der Waals surface area contributed by atoms with Gasteiger partial charge in [-0.2, -0.15) is 5.10 Å². The van der Waals surface area contributed by atoms with Crippen LogP contribution in [0.1, 0.15) is 55.4 Å². The number of nitrogen functional groups attached to an aromatic ring is 1. The van der Waals surface area contributed by atoms with Crippen molar-refractivity contribution in [2.75, 3.05) is 18.8 Å². The number of nitrogens with zero attached hydrogens (tertiary/aromatic N) is 6. The van der Waals surface area contributed by atoms with Crippen molar-refractivity contribution < 1.29 is 9.53 Å². The largest absolute Gasteiger partial charge is 0.444 e. The Hall–Kier alpha value is -3.49. The Bertz CT molecular complexity index is 1250. The standard InChI is InChI=1S/C24H31N7O2/c1-14-11-18(17-7-9-30(10-8-17)23(32)33-24(4,5)6)12-26-19(14)13-31-21-16(3)27-22(25)28-20(21)15(2)29-31/h7,11-12H,8-10,13H2,1-6H3,(H2,25,27,28). The lowest BCUT2D eigenvalue weighted by Gasteiger charge is -2.29. The van der Waals surface area contributed by atoms with Gasteiger partial charge in [0.2, 0.25) is 5.95 Å². The molecule has 0 radical (unpaired) electrons. The van der Waals surface area contributed by atoms with Crippen LogP contribution in [0.2, 0.25) is 0 Å². The Labute approximate surface area is 193 Å². The monoisotopic (exact) mass is 449 g/mol. The summed E-state index contributed by atoms with van der Waals surface area (Å²) in [5.74, 6) is 0.257. The average Bonchev–Trinajstić information content (AvgIpc) is 3.03. The van der Waals surface area contributed by atoms with E-state index in [1.807, 2.05) is 45.5 Å². The second-order valence-electron chi connectivity index (χ2n) is 9.50. The van der Waals surface area contributed by atoms with Crippen LogP contribution in [-0.4, -0.2) is 54.4 Å². The van der Waals surface area contributed by atoms with E-state index in [-0.39, 0.29) is 12.0 Å². The van der Waals surface area contributed by atoms with Gasteiger partial charge in [-0.05, 0) is 70.7 Å². The number of carbonyl (C=O) groups is 1. The Morgan fingerprint density at radius 1 is 1.18 bits per heavy atom. The summed E-state index contributed by atoms with van der Waals surface area (Å²) in [7, 11) is 0. The number of pyridine rings is 1. The van der Waals surface area contributed by atoms with Crippen molar-refractivity contribution >= 4 is 28.6 Å². The molecule has 1 aliphatic rings. The van der Waals surface area contributed by atoms with Crippen LogP contribution in [-0.2, 0) is 11.3 Å². The highest BCUT2D eigenvalue weighted by Crippen LogP contribution is 2.26. The molecule has 3 aromatic heterocycles. The average molecular weight is 450 g/mol. The molecular formula is C24H31N7O2. The zero-order chi connectivity index (χ0) is 23.9. The summed E-state index contributed by atoms with van der Waals surface area (Å²) >= 11 is 0. The summed E-state index contributed by atoms with van der Waals surface area (Å²) in [5.41, 5.74) is 12.9. The normalized spacial score (nSPS) is 14.5.